The molecule has 9 nitrogen and oxygen atoms in total. The van der Waals surface area contributed by atoms with E-state index in [1.807, 2.05) is 22.7 Å². The molecule has 5 rings (SSSR count). The quantitative estimate of drug-likeness (QED) is 0.645. The first kappa shape index (κ1) is 14.5. The molecule has 2 aliphatic rings. The van der Waals surface area contributed by atoms with Gasteiger partial charge in [0.05, 0.1) is 36.3 Å². The number of imidazole rings is 1. The minimum atomic E-state index is -0.0383. The van der Waals surface area contributed by atoms with E-state index in [4.69, 9.17) is 4.74 Å². The van der Waals surface area contributed by atoms with Gasteiger partial charge < -0.3 is 9.64 Å². The zero-order valence-electron chi connectivity index (χ0n) is 13.7. The van der Waals surface area contributed by atoms with Crippen LogP contribution in [0.2, 0.25) is 0 Å². The van der Waals surface area contributed by atoms with E-state index in [1.165, 1.54) is 0 Å². The van der Waals surface area contributed by atoms with Gasteiger partial charge in [-0.1, -0.05) is 5.21 Å². The first-order valence-electron chi connectivity index (χ1n) is 8.32. The van der Waals surface area contributed by atoms with Crippen molar-refractivity contribution in [2.75, 3.05) is 13.1 Å². The average molecular weight is 339 g/mol. The van der Waals surface area contributed by atoms with Gasteiger partial charge in [0.15, 0.2) is 0 Å². The van der Waals surface area contributed by atoms with E-state index >= 15 is 0 Å². The van der Waals surface area contributed by atoms with Crippen LogP contribution in [0, 0.1) is 6.92 Å². The average Bonchev–Trinajstić information content (AvgIpc) is 3.24. The van der Waals surface area contributed by atoms with Gasteiger partial charge in [-0.05, 0) is 19.4 Å². The molecule has 0 spiro atoms. The van der Waals surface area contributed by atoms with Gasteiger partial charge in [0, 0.05) is 25.5 Å². The Kier molecular flexibility index (Phi) is 3.11. The van der Waals surface area contributed by atoms with Crippen molar-refractivity contribution >= 4 is 11.7 Å². The Balaban J connectivity index is 1.48. The summed E-state index contributed by atoms with van der Waals surface area (Å²) in [5, 5.41) is 8.16. The van der Waals surface area contributed by atoms with Crippen molar-refractivity contribution in [1.82, 2.24) is 34.3 Å². The normalized spacial score (nSPS) is 22.7. The number of nitrogens with zero attached hydrogens (tertiary/aromatic N) is 7. The zero-order valence-corrected chi connectivity index (χ0v) is 13.7. The molecular formula is C16H17N7O2. The predicted octanol–water partition coefficient (Wildman–Crippen LogP) is 0.615. The van der Waals surface area contributed by atoms with Crippen LogP contribution in [0.15, 0.2) is 24.7 Å². The Morgan fingerprint density at radius 1 is 1.40 bits per heavy atom. The van der Waals surface area contributed by atoms with Crippen molar-refractivity contribution in [3.05, 3.63) is 41.7 Å². The molecule has 2 atom stereocenters. The molecule has 5 heterocycles. The fourth-order valence-corrected chi connectivity index (χ4v) is 3.77. The SMILES string of the molecule is Cc1nc2ncccn2c1C(=O)N1CC[C@@H]2OCc3cnnn3[C@@H]2C1. The smallest absolute Gasteiger partial charge is 0.272 e. The maximum absolute atomic E-state index is 13.2. The van der Waals surface area contributed by atoms with Gasteiger partial charge in [-0.3, -0.25) is 9.20 Å². The summed E-state index contributed by atoms with van der Waals surface area (Å²) in [5.74, 6) is 0.501. The molecule has 0 saturated carbocycles. The lowest BCUT2D eigenvalue weighted by Gasteiger charge is -2.40. The van der Waals surface area contributed by atoms with Crippen molar-refractivity contribution in [3.8, 4) is 0 Å². The van der Waals surface area contributed by atoms with E-state index in [1.54, 1.807) is 22.9 Å². The summed E-state index contributed by atoms with van der Waals surface area (Å²) in [7, 11) is 0. The van der Waals surface area contributed by atoms with Crippen LogP contribution in [-0.2, 0) is 11.3 Å². The third kappa shape index (κ3) is 2.15. The first-order valence-corrected chi connectivity index (χ1v) is 8.32. The van der Waals surface area contributed by atoms with Crippen molar-refractivity contribution in [1.29, 1.82) is 0 Å². The number of likely N-dealkylation sites (tertiary alicyclic amines) is 1. The van der Waals surface area contributed by atoms with Crippen LogP contribution >= 0.6 is 0 Å². The molecule has 0 radical (unpaired) electrons. The molecule has 1 saturated heterocycles. The molecule has 0 bridgehead atoms. The molecule has 25 heavy (non-hydrogen) atoms. The van der Waals surface area contributed by atoms with Crippen LogP contribution in [-0.4, -0.2) is 59.4 Å². The van der Waals surface area contributed by atoms with Crippen LogP contribution < -0.4 is 0 Å². The van der Waals surface area contributed by atoms with Gasteiger partial charge in [0.1, 0.15) is 5.69 Å². The van der Waals surface area contributed by atoms with Crippen molar-refractivity contribution in [2.24, 2.45) is 0 Å². The number of fused-ring (bicyclic) bond motifs is 4. The third-order valence-electron chi connectivity index (χ3n) is 5.00. The summed E-state index contributed by atoms with van der Waals surface area (Å²) in [6.07, 6.45) is 6.07. The highest BCUT2D eigenvalue weighted by molar-refractivity contribution is 5.94. The number of hydrogen-bond donors (Lipinski definition) is 0. The van der Waals surface area contributed by atoms with Crippen LogP contribution in [0.1, 0.15) is 34.3 Å². The lowest BCUT2D eigenvalue weighted by molar-refractivity contribution is -0.0605. The second-order valence-electron chi connectivity index (χ2n) is 6.46. The topological polar surface area (TPSA) is 90.4 Å². The van der Waals surface area contributed by atoms with E-state index in [0.717, 1.165) is 12.1 Å². The number of aromatic nitrogens is 6. The van der Waals surface area contributed by atoms with Crippen molar-refractivity contribution in [3.63, 3.8) is 0 Å². The van der Waals surface area contributed by atoms with Gasteiger partial charge >= 0.3 is 0 Å². The summed E-state index contributed by atoms with van der Waals surface area (Å²) in [6, 6.07) is 1.80. The van der Waals surface area contributed by atoms with Crippen LogP contribution in [0.25, 0.3) is 5.78 Å². The highest BCUT2D eigenvalue weighted by Crippen LogP contribution is 2.30. The van der Waals surface area contributed by atoms with E-state index in [9.17, 15) is 4.79 Å². The molecule has 3 aromatic rings. The standard InChI is InChI=1S/C16H17N7O2/c1-10-14(22-5-2-4-17-16(22)19-10)15(24)21-6-3-13-12(8-21)23-11(9-25-13)7-18-20-23/h2,4-5,7,12-13H,3,6,8-9H2,1H3/t12-,13+/m1/s1. The second kappa shape index (κ2) is 5.35. The van der Waals surface area contributed by atoms with E-state index < -0.39 is 0 Å². The van der Waals surface area contributed by atoms with Gasteiger partial charge in [-0.2, -0.15) is 0 Å². The van der Waals surface area contributed by atoms with Crippen molar-refractivity contribution in [2.45, 2.75) is 32.1 Å². The fraction of sp³-hybridized carbons (Fsp3) is 0.438. The molecule has 1 amide bonds. The zero-order chi connectivity index (χ0) is 17.0. The molecular weight excluding hydrogens is 322 g/mol. The highest BCUT2D eigenvalue weighted by atomic mass is 16.5. The Labute approximate surface area is 143 Å². The second-order valence-corrected chi connectivity index (χ2v) is 6.46. The number of piperidine rings is 1. The lowest BCUT2D eigenvalue weighted by atomic mass is 10.00. The summed E-state index contributed by atoms with van der Waals surface area (Å²) in [4.78, 5) is 23.6. The molecule has 0 aromatic carbocycles. The number of carbonyl (C=O) groups excluding carboxylic acids is 1. The maximum Gasteiger partial charge on any atom is 0.272 e. The molecule has 9 heteroatoms. The van der Waals surface area contributed by atoms with E-state index in [0.29, 0.717) is 36.9 Å². The Morgan fingerprint density at radius 2 is 2.32 bits per heavy atom. The van der Waals surface area contributed by atoms with Crippen LogP contribution in [0.5, 0.6) is 0 Å². The molecule has 0 aliphatic carbocycles. The first-order chi connectivity index (χ1) is 12.2. The number of rotatable bonds is 1. The van der Waals surface area contributed by atoms with Gasteiger partial charge in [-0.15, -0.1) is 5.10 Å². The Hall–Kier alpha value is -2.81. The minimum Gasteiger partial charge on any atom is -0.370 e. The third-order valence-corrected chi connectivity index (χ3v) is 5.00. The number of ether oxygens (including phenoxy) is 1. The molecule has 128 valence electrons. The molecule has 1 fully saturated rings. The Morgan fingerprint density at radius 3 is 3.24 bits per heavy atom. The summed E-state index contributed by atoms with van der Waals surface area (Å²) in [6.45, 7) is 3.57. The van der Waals surface area contributed by atoms with Crippen LogP contribution in [0.4, 0.5) is 0 Å². The van der Waals surface area contributed by atoms with Gasteiger partial charge in [0.2, 0.25) is 5.78 Å². The largest absolute Gasteiger partial charge is 0.370 e. The van der Waals surface area contributed by atoms with E-state index in [-0.39, 0.29) is 18.1 Å². The highest BCUT2D eigenvalue weighted by Gasteiger charge is 2.38. The summed E-state index contributed by atoms with van der Waals surface area (Å²) < 4.78 is 9.56. The summed E-state index contributed by atoms with van der Waals surface area (Å²) in [5.41, 5.74) is 2.20. The number of hydrogen-bond acceptors (Lipinski definition) is 6. The number of amides is 1. The Bertz CT molecular complexity index is 962. The molecule has 3 aromatic heterocycles. The summed E-state index contributed by atoms with van der Waals surface area (Å²) >= 11 is 0. The van der Waals surface area contributed by atoms with E-state index in [2.05, 4.69) is 20.3 Å². The number of carbonyl (C=O) groups is 1. The van der Waals surface area contributed by atoms with Gasteiger partial charge in [-0.25, -0.2) is 14.6 Å². The number of aryl methyl sites for hydroxylation is 1. The van der Waals surface area contributed by atoms with Crippen molar-refractivity contribution < 1.29 is 9.53 Å². The van der Waals surface area contributed by atoms with Crippen LogP contribution in [0.3, 0.4) is 0 Å². The maximum atomic E-state index is 13.2. The lowest BCUT2D eigenvalue weighted by Crippen LogP contribution is -2.50. The van der Waals surface area contributed by atoms with Gasteiger partial charge in [0.25, 0.3) is 5.91 Å². The molecule has 0 unspecified atom stereocenters. The molecule has 2 aliphatic heterocycles. The molecule has 0 N–H and O–H groups in total. The fourth-order valence-electron chi connectivity index (χ4n) is 3.77. The monoisotopic (exact) mass is 339 g/mol. The minimum absolute atomic E-state index is 0.00145. The predicted molar refractivity (Wildman–Crippen MR) is 85.9 cm³/mol.